The normalized spacial score (nSPS) is 18.1. The zero-order valence-corrected chi connectivity index (χ0v) is 14.5. The van der Waals surface area contributed by atoms with Crippen molar-refractivity contribution in [3.63, 3.8) is 0 Å². The molecule has 1 saturated heterocycles. The molecule has 8 heteroatoms. The van der Waals surface area contributed by atoms with Crippen molar-refractivity contribution < 1.29 is 28.2 Å². The van der Waals surface area contributed by atoms with Crippen LogP contribution in [0.15, 0.2) is 28.9 Å². The van der Waals surface area contributed by atoms with Crippen molar-refractivity contribution in [2.75, 3.05) is 27.0 Å². The molecule has 26 heavy (non-hydrogen) atoms. The lowest BCUT2D eigenvalue weighted by Crippen LogP contribution is -2.34. The summed E-state index contributed by atoms with van der Waals surface area (Å²) >= 11 is 0. The van der Waals surface area contributed by atoms with E-state index in [9.17, 15) is 4.79 Å². The third-order valence-corrected chi connectivity index (χ3v) is 4.33. The van der Waals surface area contributed by atoms with E-state index in [1.54, 1.807) is 30.1 Å². The molecule has 2 aromatic rings. The zero-order valence-electron chi connectivity index (χ0n) is 14.5. The van der Waals surface area contributed by atoms with Gasteiger partial charge in [0.25, 0.3) is 5.91 Å². The molecule has 2 aliphatic rings. The van der Waals surface area contributed by atoms with Gasteiger partial charge in [0.1, 0.15) is 12.0 Å². The fourth-order valence-electron chi connectivity index (χ4n) is 2.96. The Hall–Kier alpha value is -2.74. The minimum absolute atomic E-state index is 0.102. The Morgan fingerprint density at radius 1 is 1.35 bits per heavy atom. The van der Waals surface area contributed by atoms with Crippen LogP contribution >= 0.6 is 0 Å². The summed E-state index contributed by atoms with van der Waals surface area (Å²) in [7, 11) is 1.74. The minimum Gasteiger partial charge on any atom is -0.484 e. The topological polar surface area (TPSA) is 83.3 Å². The lowest BCUT2D eigenvalue weighted by Gasteiger charge is -2.19. The van der Waals surface area contributed by atoms with Crippen LogP contribution in [0.5, 0.6) is 17.2 Å². The number of hydrogen-bond donors (Lipinski definition) is 0. The molecule has 1 unspecified atom stereocenters. The number of benzene rings is 1. The lowest BCUT2D eigenvalue weighted by atomic mass is 10.2. The predicted octanol–water partition coefficient (Wildman–Crippen LogP) is 2.23. The molecule has 4 rings (SSSR count). The van der Waals surface area contributed by atoms with Crippen LogP contribution < -0.4 is 14.2 Å². The monoisotopic (exact) mass is 360 g/mol. The van der Waals surface area contributed by atoms with Crippen LogP contribution in [-0.4, -0.2) is 48.9 Å². The summed E-state index contributed by atoms with van der Waals surface area (Å²) in [5.74, 6) is 2.07. The van der Waals surface area contributed by atoms with E-state index in [4.69, 9.17) is 23.4 Å². The number of aromatic nitrogens is 1. The number of fused-ring (bicyclic) bond motifs is 1. The van der Waals surface area contributed by atoms with Crippen LogP contribution in [0.3, 0.4) is 0 Å². The fraction of sp³-hybridized carbons (Fsp3) is 0.444. The molecule has 0 spiro atoms. The van der Waals surface area contributed by atoms with Crippen LogP contribution in [0, 0.1) is 0 Å². The maximum Gasteiger partial charge on any atom is 0.275 e. The van der Waals surface area contributed by atoms with Crippen LogP contribution in [0.25, 0.3) is 0 Å². The van der Waals surface area contributed by atoms with Gasteiger partial charge in [-0.15, -0.1) is 0 Å². The Morgan fingerprint density at radius 3 is 3.08 bits per heavy atom. The molecule has 0 bridgehead atoms. The number of amides is 1. The fourth-order valence-corrected chi connectivity index (χ4v) is 2.96. The Morgan fingerprint density at radius 2 is 2.23 bits per heavy atom. The molecule has 0 aliphatic carbocycles. The van der Waals surface area contributed by atoms with E-state index in [-0.39, 0.29) is 31.1 Å². The van der Waals surface area contributed by atoms with Gasteiger partial charge in [0.05, 0.1) is 6.10 Å². The highest BCUT2D eigenvalue weighted by molar-refractivity contribution is 5.91. The van der Waals surface area contributed by atoms with Gasteiger partial charge in [0.15, 0.2) is 23.8 Å². The SMILES string of the molecule is CN(CC1CCCO1)C(=O)c1coc(COc2ccc3c(c2)OCO3)n1. The number of carbonyl (C=O) groups is 1. The van der Waals surface area contributed by atoms with Crippen molar-refractivity contribution in [2.24, 2.45) is 0 Å². The molecule has 1 atom stereocenters. The number of nitrogens with zero attached hydrogens (tertiary/aromatic N) is 2. The third kappa shape index (κ3) is 3.60. The summed E-state index contributed by atoms with van der Waals surface area (Å²) in [6.07, 6.45) is 3.47. The molecule has 0 radical (unpaired) electrons. The number of likely N-dealkylation sites (N-methyl/N-ethyl adjacent to an activating group) is 1. The largest absolute Gasteiger partial charge is 0.484 e. The average molecular weight is 360 g/mol. The maximum atomic E-state index is 12.4. The summed E-state index contributed by atoms with van der Waals surface area (Å²) in [5.41, 5.74) is 0.259. The first kappa shape index (κ1) is 16.7. The van der Waals surface area contributed by atoms with Crippen molar-refractivity contribution in [3.05, 3.63) is 36.0 Å². The Labute approximate surface area is 150 Å². The van der Waals surface area contributed by atoms with Crippen LogP contribution in [-0.2, 0) is 11.3 Å². The molecule has 138 valence electrons. The quantitative estimate of drug-likeness (QED) is 0.781. The summed E-state index contributed by atoms with van der Waals surface area (Å²) in [4.78, 5) is 18.2. The van der Waals surface area contributed by atoms with E-state index >= 15 is 0 Å². The summed E-state index contributed by atoms with van der Waals surface area (Å²) in [5, 5.41) is 0. The zero-order chi connectivity index (χ0) is 17.9. The van der Waals surface area contributed by atoms with Gasteiger partial charge in [-0.05, 0) is 25.0 Å². The Balaban J connectivity index is 1.33. The first-order chi connectivity index (χ1) is 12.7. The highest BCUT2D eigenvalue weighted by Crippen LogP contribution is 2.35. The third-order valence-electron chi connectivity index (χ3n) is 4.33. The lowest BCUT2D eigenvalue weighted by molar-refractivity contribution is 0.0582. The molecule has 2 aliphatic heterocycles. The molecular formula is C18H20N2O6. The van der Waals surface area contributed by atoms with Gasteiger partial charge in [0.2, 0.25) is 12.7 Å². The van der Waals surface area contributed by atoms with Crippen molar-refractivity contribution in [2.45, 2.75) is 25.6 Å². The highest BCUT2D eigenvalue weighted by Gasteiger charge is 2.23. The number of carbonyl (C=O) groups excluding carboxylic acids is 1. The second-order valence-corrected chi connectivity index (χ2v) is 6.25. The maximum absolute atomic E-state index is 12.4. The molecule has 1 amide bonds. The molecule has 0 N–H and O–H groups in total. The number of rotatable bonds is 6. The molecule has 1 fully saturated rings. The molecule has 0 saturated carbocycles. The van der Waals surface area contributed by atoms with Gasteiger partial charge in [-0.25, -0.2) is 4.98 Å². The number of oxazole rings is 1. The smallest absolute Gasteiger partial charge is 0.275 e. The van der Waals surface area contributed by atoms with Crippen LogP contribution in [0.4, 0.5) is 0 Å². The molecule has 8 nitrogen and oxygen atoms in total. The first-order valence-electron chi connectivity index (χ1n) is 8.53. The molecule has 3 heterocycles. The average Bonchev–Trinajstić information content (AvgIpc) is 3.40. The number of hydrogen-bond acceptors (Lipinski definition) is 7. The van der Waals surface area contributed by atoms with Gasteiger partial charge < -0.3 is 28.3 Å². The predicted molar refractivity (Wildman–Crippen MR) is 89.3 cm³/mol. The molecule has 1 aromatic heterocycles. The van der Waals surface area contributed by atoms with E-state index < -0.39 is 0 Å². The first-order valence-corrected chi connectivity index (χ1v) is 8.53. The number of ether oxygens (including phenoxy) is 4. The van der Waals surface area contributed by atoms with Crippen LogP contribution in [0.2, 0.25) is 0 Å². The molecule has 1 aromatic carbocycles. The highest BCUT2D eigenvalue weighted by atomic mass is 16.7. The summed E-state index contributed by atoms with van der Waals surface area (Å²) in [6.45, 7) is 1.64. The van der Waals surface area contributed by atoms with Crippen molar-refractivity contribution >= 4 is 5.91 Å². The van der Waals surface area contributed by atoms with Gasteiger partial charge >= 0.3 is 0 Å². The van der Waals surface area contributed by atoms with Crippen LogP contribution in [0.1, 0.15) is 29.2 Å². The second kappa shape index (κ2) is 7.25. The van der Waals surface area contributed by atoms with Crippen molar-refractivity contribution in [1.29, 1.82) is 0 Å². The standard InChI is InChI=1S/C18H20N2O6/c1-20(8-13-3-2-6-22-13)18(21)14-9-24-17(19-14)10-23-12-4-5-15-16(7-12)26-11-25-15/h4-5,7,9,13H,2-3,6,8,10-11H2,1H3. The minimum atomic E-state index is -0.196. The van der Waals surface area contributed by atoms with Gasteiger partial charge in [0, 0.05) is 26.3 Å². The summed E-state index contributed by atoms with van der Waals surface area (Å²) < 4.78 is 27.1. The van der Waals surface area contributed by atoms with Crippen molar-refractivity contribution in [1.82, 2.24) is 9.88 Å². The Bertz CT molecular complexity index is 784. The van der Waals surface area contributed by atoms with E-state index in [2.05, 4.69) is 4.98 Å². The van der Waals surface area contributed by atoms with E-state index in [0.717, 1.165) is 19.4 Å². The second-order valence-electron chi connectivity index (χ2n) is 6.25. The van der Waals surface area contributed by atoms with Gasteiger partial charge in [-0.2, -0.15) is 0 Å². The van der Waals surface area contributed by atoms with Gasteiger partial charge in [-0.3, -0.25) is 4.79 Å². The Kier molecular flexibility index (Phi) is 4.66. The van der Waals surface area contributed by atoms with E-state index in [1.165, 1.54) is 6.26 Å². The molecular weight excluding hydrogens is 340 g/mol. The van der Waals surface area contributed by atoms with Crippen molar-refractivity contribution in [3.8, 4) is 17.2 Å². The van der Waals surface area contributed by atoms with E-state index in [1.807, 2.05) is 0 Å². The summed E-state index contributed by atoms with van der Waals surface area (Å²) in [6, 6.07) is 5.30. The van der Waals surface area contributed by atoms with Gasteiger partial charge in [-0.1, -0.05) is 0 Å². The van der Waals surface area contributed by atoms with E-state index in [0.29, 0.717) is 29.7 Å².